The standard InChI is InChI=1S/C20H23N3O4/c1-14(27-17-11-9-16(10-12-17)20(2,3)4)19(24)22-21-13-15-7-5-6-8-18(15)23(25)26/h5-14H,1-4H3,(H,22,24)/b21-13+. The molecular formula is C20H23N3O4. The maximum absolute atomic E-state index is 12.1. The van der Waals surface area contributed by atoms with E-state index in [0.717, 1.165) is 0 Å². The first-order valence-corrected chi connectivity index (χ1v) is 8.52. The molecule has 2 rings (SSSR count). The van der Waals surface area contributed by atoms with Crippen LogP contribution in [0.5, 0.6) is 5.75 Å². The number of amides is 1. The molecule has 0 aliphatic heterocycles. The van der Waals surface area contributed by atoms with Gasteiger partial charge in [-0.2, -0.15) is 5.10 Å². The Balaban J connectivity index is 1.95. The van der Waals surface area contributed by atoms with Crippen LogP contribution in [0, 0.1) is 10.1 Å². The number of nitro groups is 1. The Morgan fingerprint density at radius 1 is 1.19 bits per heavy atom. The summed E-state index contributed by atoms with van der Waals surface area (Å²) < 4.78 is 5.61. The van der Waals surface area contributed by atoms with Crippen LogP contribution in [0.15, 0.2) is 53.6 Å². The lowest BCUT2D eigenvalue weighted by Gasteiger charge is -2.19. The van der Waals surface area contributed by atoms with E-state index in [1.165, 1.54) is 17.8 Å². The van der Waals surface area contributed by atoms with Crippen molar-refractivity contribution in [2.24, 2.45) is 5.10 Å². The second-order valence-electron chi connectivity index (χ2n) is 7.08. The van der Waals surface area contributed by atoms with Crippen LogP contribution >= 0.6 is 0 Å². The maximum atomic E-state index is 12.1. The van der Waals surface area contributed by atoms with Crippen molar-refractivity contribution in [1.82, 2.24) is 5.43 Å². The minimum Gasteiger partial charge on any atom is -0.481 e. The summed E-state index contributed by atoms with van der Waals surface area (Å²) in [7, 11) is 0. The van der Waals surface area contributed by atoms with Gasteiger partial charge in [-0.1, -0.05) is 45.0 Å². The van der Waals surface area contributed by atoms with Crippen molar-refractivity contribution >= 4 is 17.8 Å². The molecule has 0 aliphatic carbocycles. The average molecular weight is 369 g/mol. The van der Waals surface area contributed by atoms with Crippen LogP contribution in [0.4, 0.5) is 5.69 Å². The van der Waals surface area contributed by atoms with E-state index in [1.54, 1.807) is 25.1 Å². The van der Waals surface area contributed by atoms with Crippen molar-refractivity contribution in [2.75, 3.05) is 0 Å². The summed E-state index contributed by atoms with van der Waals surface area (Å²) in [6.07, 6.45) is 0.467. The topological polar surface area (TPSA) is 93.8 Å². The van der Waals surface area contributed by atoms with Crippen molar-refractivity contribution in [3.63, 3.8) is 0 Å². The van der Waals surface area contributed by atoms with Crippen molar-refractivity contribution < 1.29 is 14.5 Å². The molecule has 7 heteroatoms. The molecule has 7 nitrogen and oxygen atoms in total. The second kappa shape index (κ2) is 8.44. The maximum Gasteiger partial charge on any atom is 0.280 e. The van der Waals surface area contributed by atoms with E-state index in [9.17, 15) is 14.9 Å². The number of hydrazone groups is 1. The molecule has 1 unspecified atom stereocenters. The lowest BCUT2D eigenvalue weighted by atomic mass is 9.87. The van der Waals surface area contributed by atoms with Crippen LogP contribution < -0.4 is 10.2 Å². The van der Waals surface area contributed by atoms with Crippen LogP contribution in [0.25, 0.3) is 0 Å². The SMILES string of the molecule is CC(Oc1ccc(C(C)(C)C)cc1)C(=O)N/N=C/c1ccccc1[N+](=O)[O-]. The van der Waals surface area contributed by atoms with Gasteiger partial charge in [0.25, 0.3) is 11.6 Å². The first-order chi connectivity index (χ1) is 12.7. The van der Waals surface area contributed by atoms with Crippen LogP contribution in [0.2, 0.25) is 0 Å². The number of nitrogens with one attached hydrogen (secondary N) is 1. The Morgan fingerprint density at radius 3 is 2.41 bits per heavy atom. The van der Waals surface area contributed by atoms with Gasteiger partial charge in [0.2, 0.25) is 0 Å². The predicted molar refractivity (Wildman–Crippen MR) is 104 cm³/mol. The average Bonchev–Trinajstić information content (AvgIpc) is 2.61. The number of hydrogen-bond acceptors (Lipinski definition) is 5. The minimum atomic E-state index is -0.770. The van der Waals surface area contributed by atoms with Crippen LogP contribution in [0.1, 0.15) is 38.8 Å². The Kier molecular flexibility index (Phi) is 6.28. The molecule has 0 spiro atoms. The quantitative estimate of drug-likeness (QED) is 0.476. The highest BCUT2D eigenvalue weighted by molar-refractivity contribution is 5.87. The third-order valence-electron chi connectivity index (χ3n) is 3.91. The fourth-order valence-corrected chi connectivity index (χ4v) is 2.31. The number of para-hydroxylation sites is 1. The van der Waals surface area contributed by atoms with E-state index in [4.69, 9.17) is 4.74 Å². The van der Waals surface area contributed by atoms with Gasteiger partial charge in [0, 0.05) is 6.07 Å². The van der Waals surface area contributed by atoms with Crippen molar-refractivity contribution in [1.29, 1.82) is 0 Å². The van der Waals surface area contributed by atoms with E-state index in [-0.39, 0.29) is 11.1 Å². The van der Waals surface area contributed by atoms with Gasteiger partial charge in [-0.05, 0) is 36.1 Å². The third-order valence-corrected chi connectivity index (χ3v) is 3.91. The normalized spacial score (nSPS) is 12.6. The van der Waals surface area contributed by atoms with E-state index < -0.39 is 16.9 Å². The highest BCUT2D eigenvalue weighted by atomic mass is 16.6. The molecule has 1 amide bonds. The third kappa shape index (κ3) is 5.64. The molecule has 27 heavy (non-hydrogen) atoms. The molecule has 0 saturated heterocycles. The number of ether oxygens (including phenoxy) is 1. The Labute approximate surface area is 158 Å². The summed E-state index contributed by atoms with van der Waals surface area (Å²) in [5.41, 5.74) is 3.76. The first kappa shape index (κ1) is 20.1. The molecule has 0 saturated carbocycles. The lowest BCUT2D eigenvalue weighted by molar-refractivity contribution is -0.385. The Morgan fingerprint density at radius 2 is 1.81 bits per heavy atom. The second-order valence-corrected chi connectivity index (χ2v) is 7.08. The van der Waals surface area contributed by atoms with Crippen LogP contribution in [-0.4, -0.2) is 23.1 Å². The highest BCUT2D eigenvalue weighted by Gasteiger charge is 2.16. The molecule has 2 aromatic rings. The smallest absolute Gasteiger partial charge is 0.280 e. The van der Waals surface area contributed by atoms with Gasteiger partial charge >= 0.3 is 0 Å². The van der Waals surface area contributed by atoms with Crippen molar-refractivity contribution in [2.45, 2.75) is 39.2 Å². The molecule has 0 aromatic heterocycles. The minimum absolute atomic E-state index is 0.0380. The predicted octanol–water partition coefficient (Wildman–Crippen LogP) is 3.81. The molecule has 0 fully saturated rings. The van der Waals surface area contributed by atoms with Crippen molar-refractivity contribution in [3.05, 3.63) is 69.8 Å². The van der Waals surface area contributed by atoms with E-state index in [0.29, 0.717) is 11.3 Å². The summed E-state index contributed by atoms with van der Waals surface area (Å²) >= 11 is 0. The van der Waals surface area contributed by atoms with E-state index in [1.807, 2.05) is 24.3 Å². The molecule has 0 bridgehead atoms. The number of rotatable bonds is 6. The molecule has 2 aromatic carbocycles. The summed E-state index contributed by atoms with van der Waals surface area (Å²) in [5, 5.41) is 14.7. The van der Waals surface area contributed by atoms with E-state index in [2.05, 4.69) is 31.3 Å². The largest absolute Gasteiger partial charge is 0.481 e. The molecule has 142 valence electrons. The van der Waals surface area contributed by atoms with Gasteiger partial charge in [0.1, 0.15) is 5.75 Å². The molecule has 0 radical (unpaired) electrons. The molecule has 0 heterocycles. The van der Waals surface area contributed by atoms with Gasteiger partial charge in [-0.3, -0.25) is 14.9 Å². The zero-order valence-corrected chi connectivity index (χ0v) is 15.8. The van der Waals surface area contributed by atoms with Gasteiger partial charge in [-0.15, -0.1) is 0 Å². The first-order valence-electron chi connectivity index (χ1n) is 8.52. The number of nitro benzene ring substituents is 1. The van der Waals surface area contributed by atoms with Crippen LogP contribution in [-0.2, 0) is 10.2 Å². The van der Waals surface area contributed by atoms with Gasteiger partial charge < -0.3 is 4.74 Å². The van der Waals surface area contributed by atoms with Crippen molar-refractivity contribution in [3.8, 4) is 5.75 Å². The van der Waals surface area contributed by atoms with Gasteiger partial charge in [-0.25, -0.2) is 5.43 Å². The molecular weight excluding hydrogens is 346 g/mol. The van der Waals surface area contributed by atoms with Crippen LogP contribution in [0.3, 0.4) is 0 Å². The van der Waals surface area contributed by atoms with E-state index >= 15 is 0 Å². The Hall–Kier alpha value is -3.22. The fraction of sp³-hybridized carbons (Fsp3) is 0.300. The number of benzene rings is 2. The summed E-state index contributed by atoms with van der Waals surface area (Å²) in [5.74, 6) is 0.123. The number of carbonyl (C=O) groups is 1. The monoisotopic (exact) mass is 369 g/mol. The molecule has 1 N–H and O–H groups in total. The molecule has 1 atom stereocenters. The Bertz CT molecular complexity index is 839. The lowest BCUT2D eigenvalue weighted by Crippen LogP contribution is -2.33. The highest BCUT2D eigenvalue weighted by Crippen LogP contribution is 2.24. The molecule has 0 aliphatic rings. The summed E-state index contributed by atoms with van der Waals surface area (Å²) in [6.45, 7) is 7.96. The van der Waals surface area contributed by atoms with Gasteiger partial charge in [0.15, 0.2) is 6.10 Å². The number of hydrogen-bond donors (Lipinski definition) is 1. The summed E-state index contributed by atoms with van der Waals surface area (Å²) in [6, 6.07) is 13.7. The summed E-state index contributed by atoms with van der Waals surface area (Å²) in [4.78, 5) is 22.5. The van der Waals surface area contributed by atoms with Gasteiger partial charge in [0.05, 0.1) is 16.7 Å². The number of carbonyl (C=O) groups excluding carboxylic acids is 1. The zero-order valence-electron chi connectivity index (χ0n) is 15.8. The fourth-order valence-electron chi connectivity index (χ4n) is 2.31. The number of nitrogens with zero attached hydrogens (tertiary/aromatic N) is 2. The zero-order chi connectivity index (χ0) is 20.0.